The molecule has 0 aromatic heterocycles. The van der Waals surface area contributed by atoms with Gasteiger partial charge in [-0.3, -0.25) is 9.59 Å². The van der Waals surface area contributed by atoms with Crippen LogP contribution in [0.2, 0.25) is 0 Å². The first-order valence-electron chi connectivity index (χ1n) is 5.35. The Hall–Kier alpha value is -2.12. The van der Waals surface area contributed by atoms with Crippen molar-refractivity contribution in [3.63, 3.8) is 0 Å². The van der Waals surface area contributed by atoms with E-state index >= 15 is 0 Å². The van der Waals surface area contributed by atoms with Crippen LogP contribution < -0.4 is 20.8 Å². The van der Waals surface area contributed by atoms with Gasteiger partial charge in [0.25, 0.3) is 0 Å². The molecule has 0 rings (SSSR count). The van der Waals surface area contributed by atoms with Crippen molar-refractivity contribution in [3.8, 4) is 0 Å². The molecule has 0 saturated carbocycles. The number of carboxylic acids is 2. The van der Waals surface area contributed by atoms with Crippen molar-refractivity contribution in [1.29, 1.82) is 0 Å². The van der Waals surface area contributed by atoms with E-state index in [9.17, 15) is 29.4 Å². The van der Waals surface area contributed by atoms with Crippen molar-refractivity contribution in [2.45, 2.75) is 25.7 Å². The fraction of sp³-hybridized carbons (Fsp3) is 0.600. The van der Waals surface area contributed by atoms with Crippen LogP contribution in [0.25, 0.3) is 0 Å². The van der Waals surface area contributed by atoms with E-state index in [0.29, 0.717) is 12.8 Å². The lowest BCUT2D eigenvalue weighted by Crippen LogP contribution is -2.38. The minimum atomic E-state index is -1.37. The molecule has 0 aromatic carbocycles. The van der Waals surface area contributed by atoms with Gasteiger partial charge >= 0.3 is 0 Å². The highest BCUT2D eigenvalue weighted by Gasteiger charge is 2.03. The summed E-state index contributed by atoms with van der Waals surface area (Å²) in [6.45, 7) is -1.07. The summed E-state index contributed by atoms with van der Waals surface area (Å²) in [5, 5.41) is 24.3. The number of carboxylic acid groups (broad SMARTS) is 2. The zero-order valence-electron chi connectivity index (χ0n) is 9.69. The summed E-state index contributed by atoms with van der Waals surface area (Å²) in [4.78, 5) is 42.1. The summed E-state index contributed by atoms with van der Waals surface area (Å²) < 4.78 is 0. The van der Waals surface area contributed by atoms with E-state index in [-0.39, 0.29) is 12.8 Å². The van der Waals surface area contributed by atoms with Crippen molar-refractivity contribution >= 4 is 23.8 Å². The number of carbonyl (C=O) groups excluding carboxylic acids is 4. The third-order valence-electron chi connectivity index (χ3n) is 1.92. The molecular weight excluding hydrogens is 244 g/mol. The van der Waals surface area contributed by atoms with Crippen LogP contribution in [0.5, 0.6) is 0 Å². The molecule has 0 spiro atoms. The van der Waals surface area contributed by atoms with Gasteiger partial charge in [-0.1, -0.05) is 0 Å². The van der Waals surface area contributed by atoms with Crippen LogP contribution in [0, 0.1) is 0 Å². The first-order valence-corrected chi connectivity index (χ1v) is 5.35. The first kappa shape index (κ1) is 15.9. The van der Waals surface area contributed by atoms with E-state index in [1.165, 1.54) is 0 Å². The fourth-order valence-corrected chi connectivity index (χ4v) is 1.09. The molecule has 0 radical (unpaired) electrons. The predicted molar refractivity (Wildman–Crippen MR) is 54.5 cm³/mol. The van der Waals surface area contributed by atoms with E-state index < -0.39 is 36.8 Å². The lowest BCUT2D eigenvalue weighted by molar-refractivity contribution is -0.305. The van der Waals surface area contributed by atoms with Crippen LogP contribution in [0.15, 0.2) is 0 Å². The number of amides is 2. The number of nitrogens with one attached hydrogen (secondary N) is 2. The Bertz CT molecular complexity index is 296. The zero-order valence-corrected chi connectivity index (χ0v) is 9.69. The van der Waals surface area contributed by atoms with Crippen molar-refractivity contribution in [2.24, 2.45) is 0 Å². The molecule has 0 aliphatic heterocycles. The van der Waals surface area contributed by atoms with Gasteiger partial charge in [-0.25, -0.2) is 0 Å². The maximum Gasteiger partial charge on any atom is 0.220 e. The molecule has 0 bridgehead atoms. The Morgan fingerprint density at radius 2 is 1.06 bits per heavy atom. The van der Waals surface area contributed by atoms with E-state index in [1.54, 1.807) is 0 Å². The van der Waals surface area contributed by atoms with Gasteiger partial charge < -0.3 is 30.4 Å². The van der Waals surface area contributed by atoms with Crippen LogP contribution in [-0.4, -0.2) is 36.8 Å². The zero-order chi connectivity index (χ0) is 14.0. The maximum absolute atomic E-state index is 11.0. The molecule has 0 heterocycles. The molecule has 18 heavy (non-hydrogen) atoms. The topological polar surface area (TPSA) is 138 Å². The number of rotatable bonds is 9. The molecule has 0 aliphatic rings. The molecule has 8 nitrogen and oxygen atoms in total. The van der Waals surface area contributed by atoms with Gasteiger partial charge in [0, 0.05) is 12.8 Å². The van der Waals surface area contributed by atoms with Crippen molar-refractivity contribution in [1.82, 2.24) is 10.6 Å². The molecule has 2 N–H and O–H groups in total. The van der Waals surface area contributed by atoms with Crippen LogP contribution in [0.1, 0.15) is 25.7 Å². The minimum Gasteiger partial charge on any atom is -0.548 e. The summed E-state index contributed by atoms with van der Waals surface area (Å²) >= 11 is 0. The van der Waals surface area contributed by atoms with E-state index in [1.807, 2.05) is 0 Å². The van der Waals surface area contributed by atoms with Gasteiger partial charge in [-0.05, 0) is 12.8 Å². The van der Waals surface area contributed by atoms with Crippen LogP contribution in [-0.2, 0) is 19.2 Å². The van der Waals surface area contributed by atoms with E-state index in [0.717, 1.165) is 0 Å². The molecule has 0 aliphatic carbocycles. The normalized spacial score (nSPS) is 9.56. The summed E-state index contributed by atoms with van der Waals surface area (Å²) in [7, 11) is 0. The van der Waals surface area contributed by atoms with E-state index in [2.05, 4.69) is 10.6 Å². The van der Waals surface area contributed by atoms with Crippen molar-refractivity contribution < 1.29 is 29.4 Å². The molecular formula is C10H14N2O6-2. The molecule has 2 amide bonds. The van der Waals surface area contributed by atoms with Crippen LogP contribution in [0.4, 0.5) is 0 Å². The van der Waals surface area contributed by atoms with Gasteiger partial charge in [0.2, 0.25) is 11.8 Å². The van der Waals surface area contributed by atoms with Gasteiger partial charge in [0.1, 0.15) is 0 Å². The van der Waals surface area contributed by atoms with Crippen LogP contribution >= 0.6 is 0 Å². The predicted octanol–water partition coefficient (Wildman–Crippen LogP) is -3.72. The molecule has 0 fully saturated rings. The van der Waals surface area contributed by atoms with Crippen molar-refractivity contribution in [2.75, 3.05) is 13.1 Å². The second-order valence-electron chi connectivity index (χ2n) is 3.50. The van der Waals surface area contributed by atoms with Gasteiger partial charge in [0.15, 0.2) is 0 Å². The highest BCUT2D eigenvalue weighted by molar-refractivity contribution is 5.81. The Morgan fingerprint density at radius 3 is 1.33 bits per heavy atom. The first-order chi connectivity index (χ1) is 8.41. The number of unbranched alkanes of at least 4 members (excludes halogenated alkanes) is 1. The Balaban J connectivity index is 3.49. The molecule has 102 valence electrons. The largest absolute Gasteiger partial charge is 0.548 e. The highest BCUT2D eigenvalue weighted by Crippen LogP contribution is 1.99. The number of aliphatic carboxylic acids is 2. The smallest absolute Gasteiger partial charge is 0.220 e. The number of hydrogen-bond donors (Lipinski definition) is 2. The quantitative estimate of drug-likeness (QED) is 0.408. The minimum absolute atomic E-state index is 0.0983. The molecule has 0 aromatic rings. The summed E-state index contributed by atoms with van der Waals surface area (Å²) in [6.07, 6.45) is 0.997. The Morgan fingerprint density at radius 1 is 0.722 bits per heavy atom. The van der Waals surface area contributed by atoms with Gasteiger partial charge in [-0.15, -0.1) is 0 Å². The summed E-state index contributed by atoms with van der Waals surface area (Å²) in [5.41, 5.74) is 0. The summed E-state index contributed by atoms with van der Waals surface area (Å²) in [6, 6.07) is 0. The standard InChI is InChI=1S/C10H16N2O6/c13-7(11-5-9(15)16)3-1-2-4-8(14)12-6-10(17)18/h1-6H2,(H,11,13)(H,12,14)(H,15,16)(H,17,18)/p-2. The molecule has 0 saturated heterocycles. The van der Waals surface area contributed by atoms with Crippen LogP contribution in [0.3, 0.4) is 0 Å². The third-order valence-corrected chi connectivity index (χ3v) is 1.92. The lowest BCUT2D eigenvalue weighted by Gasteiger charge is -2.06. The highest BCUT2D eigenvalue weighted by atomic mass is 16.4. The molecule has 0 unspecified atom stereocenters. The SMILES string of the molecule is O=C([O-])CNC(=O)CCCCC(=O)NCC(=O)[O-]. The maximum atomic E-state index is 11.0. The monoisotopic (exact) mass is 258 g/mol. The second kappa shape index (κ2) is 8.97. The van der Waals surface area contributed by atoms with E-state index in [4.69, 9.17) is 0 Å². The fourth-order valence-electron chi connectivity index (χ4n) is 1.09. The number of hydrogen-bond acceptors (Lipinski definition) is 6. The second-order valence-corrected chi connectivity index (χ2v) is 3.50. The third kappa shape index (κ3) is 10.4. The average molecular weight is 258 g/mol. The van der Waals surface area contributed by atoms with Gasteiger partial charge in [-0.2, -0.15) is 0 Å². The van der Waals surface area contributed by atoms with Crippen molar-refractivity contribution in [3.05, 3.63) is 0 Å². The average Bonchev–Trinajstić information content (AvgIpc) is 2.29. The summed E-state index contributed by atoms with van der Waals surface area (Å²) in [5.74, 6) is -3.61. The Labute approximate surface area is 103 Å². The molecule has 0 atom stereocenters. The Kier molecular flexibility index (Phi) is 7.91. The number of carbonyl (C=O) groups is 4. The molecule has 8 heteroatoms. The van der Waals surface area contributed by atoms with Gasteiger partial charge in [0.05, 0.1) is 25.0 Å². The lowest BCUT2D eigenvalue weighted by atomic mass is 10.2.